The van der Waals surface area contributed by atoms with E-state index in [9.17, 15) is 14.4 Å². The molecule has 4 rings (SSSR count). The first-order valence-corrected chi connectivity index (χ1v) is 9.78. The number of hydrogen-bond donors (Lipinski definition) is 0. The van der Waals surface area contributed by atoms with Crippen LogP contribution in [0, 0.1) is 0 Å². The molecule has 1 aliphatic carbocycles. The molecule has 29 heavy (non-hydrogen) atoms. The Labute approximate surface area is 172 Å². The van der Waals surface area contributed by atoms with Gasteiger partial charge in [0.2, 0.25) is 5.12 Å². The van der Waals surface area contributed by atoms with E-state index in [-0.39, 0.29) is 22.2 Å². The van der Waals surface area contributed by atoms with Crippen molar-refractivity contribution in [2.45, 2.75) is 4.90 Å². The topological polar surface area (TPSA) is 51.2 Å². The molecule has 0 N–H and O–H groups in total. The predicted octanol–water partition coefficient (Wildman–Crippen LogP) is 5.68. The van der Waals surface area contributed by atoms with E-state index in [1.807, 2.05) is 18.2 Å². The molecule has 1 aliphatic rings. The second-order valence-electron chi connectivity index (χ2n) is 6.55. The molecule has 0 saturated heterocycles. The van der Waals surface area contributed by atoms with Gasteiger partial charge in [0.15, 0.2) is 11.6 Å². The molecule has 3 nitrogen and oxygen atoms in total. The van der Waals surface area contributed by atoms with Gasteiger partial charge in [-0.05, 0) is 53.2 Å². The van der Waals surface area contributed by atoms with Crippen LogP contribution < -0.4 is 0 Å². The fraction of sp³-hybridized carbons (Fsp3) is 0. The summed E-state index contributed by atoms with van der Waals surface area (Å²) in [5.41, 5.74) is 3.58. The van der Waals surface area contributed by atoms with E-state index in [0.29, 0.717) is 22.3 Å². The Hall–Kier alpha value is -3.50. The molecule has 0 saturated carbocycles. The van der Waals surface area contributed by atoms with E-state index in [2.05, 4.69) is 13.2 Å². The summed E-state index contributed by atoms with van der Waals surface area (Å²) in [6, 6.07) is 17.0. The number of rotatable bonds is 4. The van der Waals surface area contributed by atoms with Crippen LogP contribution in [-0.4, -0.2) is 16.7 Å². The van der Waals surface area contributed by atoms with Gasteiger partial charge < -0.3 is 0 Å². The molecule has 0 radical (unpaired) electrons. The normalized spacial score (nSPS) is 12.1. The second-order valence-corrected chi connectivity index (χ2v) is 7.60. The number of thioether (sulfide) groups is 1. The van der Waals surface area contributed by atoms with Crippen molar-refractivity contribution in [2.75, 3.05) is 0 Å². The van der Waals surface area contributed by atoms with E-state index in [1.54, 1.807) is 48.6 Å². The smallest absolute Gasteiger partial charge is 0.224 e. The first-order valence-electron chi connectivity index (χ1n) is 8.97. The van der Waals surface area contributed by atoms with E-state index in [1.165, 1.54) is 6.07 Å². The second kappa shape index (κ2) is 7.49. The molecule has 0 heterocycles. The molecule has 0 fully saturated rings. The highest BCUT2D eigenvalue weighted by Crippen LogP contribution is 2.31. The summed E-state index contributed by atoms with van der Waals surface area (Å²) in [6.45, 7) is 7.56. The van der Waals surface area contributed by atoms with Crippen molar-refractivity contribution >= 4 is 40.6 Å². The summed E-state index contributed by atoms with van der Waals surface area (Å²) in [5.74, 6) is -0.434. The molecule has 0 aliphatic heterocycles. The van der Waals surface area contributed by atoms with Gasteiger partial charge in [0.1, 0.15) is 0 Å². The first kappa shape index (κ1) is 18.8. The summed E-state index contributed by atoms with van der Waals surface area (Å²) in [6.07, 6.45) is 3.45. The van der Waals surface area contributed by atoms with Gasteiger partial charge >= 0.3 is 0 Å². The zero-order valence-electron chi connectivity index (χ0n) is 15.5. The van der Waals surface area contributed by atoms with Crippen LogP contribution in [0.2, 0.25) is 0 Å². The van der Waals surface area contributed by atoms with Crippen LogP contribution in [0.1, 0.15) is 53.3 Å². The highest BCUT2D eigenvalue weighted by molar-refractivity contribution is 8.14. The SMILES string of the molecule is C=Cc1ccc(SC(=O)c2ccc3c(c2)C(=O)c2ccccc2C3=O)cc1C=C. The Morgan fingerprint density at radius 3 is 2.00 bits per heavy atom. The summed E-state index contributed by atoms with van der Waals surface area (Å²) < 4.78 is 0. The van der Waals surface area contributed by atoms with Gasteiger partial charge in [-0.2, -0.15) is 0 Å². The van der Waals surface area contributed by atoms with Crippen LogP contribution in [0.5, 0.6) is 0 Å². The van der Waals surface area contributed by atoms with Gasteiger partial charge in [0, 0.05) is 32.7 Å². The molecule has 3 aromatic rings. The van der Waals surface area contributed by atoms with Crippen molar-refractivity contribution in [3.05, 3.63) is 113 Å². The van der Waals surface area contributed by atoms with Gasteiger partial charge in [-0.25, -0.2) is 0 Å². The number of hydrogen-bond acceptors (Lipinski definition) is 4. The Balaban J connectivity index is 1.67. The van der Waals surface area contributed by atoms with Crippen LogP contribution in [-0.2, 0) is 0 Å². The molecule has 0 spiro atoms. The van der Waals surface area contributed by atoms with Crippen LogP contribution in [0.4, 0.5) is 0 Å². The minimum Gasteiger partial charge on any atom is -0.289 e. The minimum absolute atomic E-state index is 0.197. The lowest BCUT2D eigenvalue weighted by Crippen LogP contribution is -2.21. The van der Waals surface area contributed by atoms with Gasteiger partial charge in [-0.3, -0.25) is 14.4 Å². The van der Waals surface area contributed by atoms with Crippen LogP contribution in [0.25, 0.3) is 12.2 Å². The third-order valence-corrected chi connectivity index (χ3v) is 5.78. The lowest BCUT2D eigenvalue weighted by Gasteiger charge is -2.17. The maximum Gasteiger partial charge on any atom is 0.224 e. The van der Waals surface area contributed by atoms with Gasteiger partial charge in [-0.15, -0.1) is 0 Å². The van der Waals surface area contributed by atoms with Crippen molar-refractivity contribution in [3.63, 3.8) is 0 Å². The number of fused-ring (bicyclic) bond motifs is 2. The number of carbonyl (C=O) groups excluding carboxylic acids is 3. The maximum absolute atomic E-state index is 12.8. The predicted molar refractivity (Wildman–Crippen MR) is 117 cm³/mol. The Morgan fingerprint density at radius 2 is 1.34 bits per heavy atom. The lowest BCUT2D eigenvalue weighted by molar-refractivity contribution is 0.0978. The number of ketones is 2. The minimum atomic E-state index is -0.237. The molecule has 0 bridgehead atoms. The van der Waals surface area contributed by atoms with Gasteiger partial charge in [0.05, 0.1) is 0 Å². The molecule has 3 aromatic carbocycles. The summed E-state index contributed by atoms with van der Waals surface area (Å²) in [7, 11) is 0. The van der Waals surface area contributed by atoms with E-state index in [4.69, 9.17) is 0 Å². The monoisotopic (exact) mass is 396 g/mol. The Morgan fingerprint density at radius 1 is 0.724 bits per heavy atom. The third-order valence-electron chi connectivity index (χ3n) is 4.87. The van der Waals surface area contributed by atoms with Crippen molar-refractivity contribution < 1.29 is 14.4 Å². The van der Waals surface area contributed by atoms with Crippen molar-refractivity contribution in [1.82, 2.24) is 0 Å². The van der Waals surface area contributed by atoms with E-state index in [0.717, 1.165) is 27.8 Å². The Kier molecular flexibility index (Phi) is 4.87. The van der Waals surface area contributed by atoms with Crippen molar-refractivity contribution in [1.29, 1.82) is 0 Å². The average Bonchev–Trinajstić information content (AvgIpc) is 2.77. The van der Waals surface area contributed by atoms with Crippen molar-refractivity contribution in [2.24, 2.45) is 0 Å². The maximum atomic E-state index is 12.8. The van der Waals surface area contributed by atoms with Crippen LogP contribution in [0.3, 0.4) is 0 Å². The zero-order chi connectivity index (χ0) is 20.5. The largest absolute Gasteiger partial charge is 0.289 e. The fourth-order valence-electron chi connectivity index (χ4n) is 3.37. The van der Waals surface area contributed by atoms with Gasteiger partial charge in [0.25, 0.3) is 0 Å². The van der Waals surface area contributed by atoms with Crippen LogP contribution >= 0.6 is 11.8 Å². The lowest BCUT2D eigenvalue weighted by atomic mass is 9.83. The van der Waals surface area contributed by atoms with Crippen molar-refractivity contribution in [3.8, 4) is 0 Å². The number of benzene rings is 3. The average molecular weight is 396 g/mol. The molecular formula is C25H16O3S. The standard InChI is InChI=1S/C25H16O3S/c1-3-15-9-11-18(13-16(15)4-2)29-25(28)17-10-12-21-22(14-17)24(27)20-8-6-5-7-19(20)23(21)26/h3-14H,1-2H2. The fourth-order valence-corrected chi connectivity index (χ4v) is 4.15. The van der Waals surface area contributed by atoms with Gasteiger partial charge in [-0.1, -0.05) is 55.6 Å². The summed E-state index contributed by atoms with van der Waals surface area (Å²) in [4.78, 5) is 39.1. The molecule has 0 atom stereocenters. The third kappa shape index (κ3) is 3.28. The highest BCUT2D eigenvalue weighted by atomic mass is 32.2. The molecular weight excluding hydrogens is 380 g/mol. The molecule has 140 valence electrons. The summed E-state index contributed by atoms with van der Waals surface area (Å²) in [5, 5.41) is -0.201. The Bertz CT molecular complexity index is 1220. The van der Waals surface area contributed by atoms with E-state index >= 15 is 0 Å². The molecule has 0 unspecified atom stereocenters. The molecule has 0 amide bonds. The van der Waals surface area contributed by atoms with E-state index < -0.39 is 0 Å². The quantitative estimate of drug-likeness (QED) is 0.416. The first-order chi connectivity index (χ1) is 14.0. The molecule has 4 heteroatoms. The number of carbonyl (C=O) groups is 3. The zero-order valence-corrected chi connectivity index (χ0v) is 16.3. The summed E-state index contributed by atoms with van der Waals surface area (Å²) >= 11 is 1.07. The van der Waals surface area contributed by atoms with Crippen LogP contribution in [0.15, 0.2) is 78.7 Å². The molecule has 0 aromatic heterocycles. The highest BCUT2D eigenvalue weighted by Gasteiger charge is 2.30.